The number of aliphatic carboxylic acids is 1. The van der Waals surface area contributed by atoms with Crippen molar-refractivity contribution in [2.45, 2.75) is 19.1 Å². The molecule has 6 heteroatoms. The Bertz CT molecular complexity index is 451. The number of hydrogen-bond acceptors (Lipinski definition) is 3. The molecule has 0 heterocycles. The van der Waals surface area contributed by atoms with Gasteiger partial charge in [0.05, 0.1) is 5.02 Å². The van der Waals surface area contributed by atoms with Crippen molar-refractivity contribution in [1.29, 1.82) is 0 Å². The summed E-state index contributed by atoms with van der Waals surface area (Å²) in [6.07, 6.45) is 0. The van der Waals surface area contributed by atoms with Crippen LogP contribution in [0.5, 0.6) is 0 Å². The molecule has 1 aromatic carbocycles. The standard InChI is InChI=1S/C12H15ClFNO3/c1-12(18,11(16)17)7-15(2)6-8-3-4-9(13)10(14)5-8/h3-5,18H,6-7H2,1-2H3,(H,16,17). The minimum absolute atomic E-state index is 0.0407. The minimum atomic E-state index is -1.83. The van der Waals surface area contributed by atoms with Gasteiger partial charge in [-0.25, -0.2) is 9.18 Å². The van der Waals surface area contributed by atoms with Gasteiger partial charge in [-0.15, -0.1) is 0 Å². The lowest BCUT2D eigenvalue weighted by Gasteiger charge is -2.25. The van der Waals surface area contributed by atoms with Gasteiger partial charge in [-0.2, -0.15) is 0 Å². The number of likely N-dealkylation sites (N-methyl/N-ethyl adjacent to an activating group) is 1. The van der Waals surface area contributed by atoms with E-state index in [0.29, 0.717) is 12.1 Å². The van der Waals surface area contributed by atoms with Gasteiger partial charge >= 0.3 is 5.97 Å². The molecule has 0 aliphatic rings. The predicted octanol–water partition coefficient (Wildman–Crippen LogP) is 1.75. The second kappa shape index (κ2) is 5.65. The Balaban J connectivity index is 2.67. The quantitative estimate of drug-likeness (QED) is 0.859. The monoisotopic (exact) mass is 275 g/mol. The van der Waals surface area contributed by atoms with Gasteiger partial charge in [0.2, 0.25) is 0 Å². The van der Waals surface area contributed by atoms with E-state index in [-0.39, 0.29) is 11.6 Å². The Morgan fingerprint density at radius 2 is 2.17 bits per heavy atom. The highest BCUT2D eigenvalue weighted by atomic mass is 35.5. The summed E-state index contributed by atoms with van der Waals surface area (Å²) in [6.45, 7) is 1.47. The van der Waals surface area contributed by atoms with Crippen LogP contribution in [-0.2, 0) is 11.3 Å². The molecule has 2 N–H and O–H groups in total. The zero-order valence-corrected chi connectivity index (χ0v) is 10.9. The molecule has 0 aliphatic carbocycles. The number of carbonyl (C=O) groups is 1. The Hall–Kier alpha value is -1.17. The minimum Gasteiger partial charge on any atom is -0.479 e. The average molecular weight is 276 g/mol. The second-order valence-electron chi connectivity index (χ2n) is 4.50. The van der Waals surface area contributed by atoms with Crippen molar-refractivity contribution in [1.82, 2.24) is 4.90 Å². The lowest BCUT2D eigenvalue weighted by Crippen LogP contribution is -2.45. The molecular weight excluding hydrogens is 261 g/mol. The second-order valence-corrected chi connectivity index (χ2v) is 4.91. The fraction of sp³-hybridized carbons (Fsp3) is 0.417. The zero-order chi connectivity index (χ0) is 13.9. The Morgan fingerprint density at radius 3 is 2.67 bits per heavy atom. The van der Waals surface area contributed by atoms with Gasteiger partial charge in [-0.3, -0.25) is 4.90 Å². The summed E-state index contributed by atoms with van der Waals surface area (Å²) in [6, 6.07) is 4.38. The zero-order valence-electron chi connectivity index (χ0n) is 10.2. The Kier molecular flexibility index (Phi) is 4.67. The number of carboxylic acid groups (broad SMARTS) is 1. The molecule has 0 aromatic heterocycles. The largest absolute Gasteiger partial charge is 0.479 e. The lowest BCUT2D eigenvalue weighted by molar-refractivity contribution is -0.158. The maximum atomic E-state index is 13.2. The third-order valence-corrected chi connectivity index (χ3v) is 2.78. The van der Waals surface area contributed by atoms with Crippen LogP contribution in [0.25, 0.3) is 0 Å². The first-order chi connectivity index (χ1) is 8.22. The number of aliphatic hydroxyl groups is 1. The fourth-order valence-corrected chi connectivity index (χ4v) is 1.72. The van der Waals surface area contributed by atoms with Crippen LogP contribution < -0.4 is 0 Å². The molecule has 0 aliphatic heterocycles. The topological polar surface area (TPSA) is 60.8 Å². The maximum absolute atomic E-state index is 13.2. The van der Waals surface area contributed by atoms with Crippen LogP contribution in [-0.4, -0.2) is 40.3 Å². The van der Waals surface area contributed by atoms with Crippen molar-refractivity contribution in [2.24, 2.45) is 0 Å². The van der Waals surface area contributed by atoms with Gasteiger partial charge in [0.25, 0.3) is 0 Å². The smallest absolute Gasteiger partial charge is 0.336 e. The molecule has 0 radical (unpaired) electrons. The van der Waals surface area contributed by atoms with Crippen molar-refractivity contribution in [3.8, 4) is 0 Å². The Labute approximate surface area is 110 Å². The molecule has 0 saturated heterocycles. The molecule has 0 bridgehead atoms. The number of carboxylic acids is 1. The summed E-state index contributed by atoms with van der Waals surface area (Å²) in [7, 11) is 1.64. The van der Waals surface area contributed by atoms with Crippen molar-refractivity contribution in [2.75, 3.05) is 13.6 Å². The van der Waals surface area contributed by atoms with Crippen molar-refractivity contribution in [3.63, 3.8) is 0 Å². The first-order valence-corrected chi connectivity index (χ1v) is 5.68. The van der Waals surface area contributed by atoms with E-state index < -0.39 is 17.4 Å². The molecule has 18 heavy (non-hydrogen) atoms. The summed E-state index contributed by atoms with van der Waals surface area (Å²) in [5.41, 5.74) is -1.18. The summed E-state index contributed by atoms with van der Waals surface area (Å²) >= 11 is 5.56. The average Bonchev–Trinajstić information content (AvgIpc) is 2.22. The lowest BCUT2D eigenvalue weighted by atomic mass is 10.1. The van der Waals surface area contributed by atoms with Crippen LogP contribution in [0.1, 0.15) is 12.5 Å². The van der Waals surface area contributed by atoms with Crippen LogP contribution >= 0.6 is 11.6 Å². The molecule has 0 saturated carbocycles. The van der Waals surface area contributed by atoms with E-state index in [0.717, 1.165) is 0 Å². The maximum Gasteiger partial charge on any atom is 0.336 e. The van der Waals surface area contributed by atoms with Gasteiger partial charge < -0.3 is 10.2 Å². The highest BCUT2D eigenvalue weighted by Crippen LogP contribution is 2.17. The Morgan fingerprint density at radius 1 is 1.56 bits per heavy atom. The highest BCUT2D eigenvalue weighted by molar-refractivity contribution is 6.30. The number of rotatable bonds is 5. The number of nitrogens with zero attached hydrogens (tertiary/aromatic N) is 1. The van der Waals surface area contributed by atoms with E-state index in [4.69, 9.17) is 16.7 Å². The van der Waals surface area contributed by atoms with E-state index in [9.17, 15) is 14.3 Å². The van der Waals surface area contributed by atoms with E-state index in [1.165, 1.54) is 19.1 Å². The molecular formula is C12H15ClFNO3. The molecule has 1 atom stereocenters. The first-order valence-electron chi connectivity index (χ1n) is 5.30. The number of halogens is 2. The SMILES string of the molecule is CN(Cc1ccc(Cl)c(F)c1)CC(C)(O)C(=O)O. The fourth-order valence-electron chi connectivity index (χ4n) is 1.60. The highest BCUT2D eigenvalue weighted by Gasteiger charge is 2.31. The summed E-state index contributed by atoms with van der Waals surface area (Å²) in [4.78, 5) is 12.3. The van der Waals surface area contributed by atoms with Crippen LogP contribution in [0.3, 0.4) is 0 Å². The van der Waals surface area contributed by atoms with Crippen molar-refractivity contribution >= 4 is 17.6 Å². The van der Waals surface area contributed by atoms with Gasteiger partial charge in [0.15, 0.2) is 5.60 Å². The molecule has 0 fully saturated rings. The van der Waals surface area contributed by atoms with Crippen LogP contribution in [0.15, 0.2) is 18.2 Å². The van der Waals surface area contributed by atoms with Crippen LogP contribution in [0.4, 0.5) is 4.39 Å². The molecule has 1 aromatic rings. The first kappa shape index (κ1) is 14.9. The summed E-state index contributed by atoms with van der Waals surface area (Å²) in [5.74, 6) is -1.82. The van der Waals surface area contributed by atoms with E-state index >= 15 is 0 Å². The van der Waals surface area contributed by atoms with Crippen molar-refractivity contribution < 1.29 is 19.4 Å². The third-order valence-electron chi connectivity index (χ3n) is 2.48. The normalized spacial score (nSPS) is 14.6. The molecule has 0 spiro atoms. The molecule has 0 amide bonds. The molecule has 1 rings (SSSR count). The third kappa shape index (κ3) is 3.94. The van der Waals surface area contributed by atoms with Gasteiger partial charge in [0.1, 0.15) is 5.82 Å². The van der Waals surface area contributed by atoms with Gasteiger partial charge in [-0.05, 0) is 31.7 Å². The van der Waals surface area contributed by atoms with Crippen LogP contribution in [0, 0.1) is 5.82 Å². The number of benzene rings is 1. The summed E-state index contributed by atoms with van der Waals surface area (Å²) < 4.78 is 13.2. The summed E-state index contributed by atoms with van der Waals surface area (Å²) in [5, 5.41) is 18.4. The number of hydrogen-bond donors (Lipinski definition) is 2. The van der Waals surface area contributed by atoms with Crippen LogP contribution in [0.2, 0.25) is 5.02 Å². The van der Waals surface area contributed by atoms with Gasteiger partial charge in [-0.1, -0.05) is 17.7 Å². The van der Waals surface area contributed by atoms with Crippen molar-refractivity contribution in [3.05, 3.63) is 34.6 Å². The molecule has 100 valence electrons. The molecule has 4 nitrogen and oxygen atoms in total. The predicted molar refractivity (Wildman–Crippen MR) is 66.0 cm³/mol. The van der Waals surface area contributed by atoms with E-state index in [1.54, 1.807) is 18.0 Å². The van der Waals surface area contributed by atoms with Gasteiger partial charge in [0, 0.05) is 13.1 Å². The van der Waals surface area contributed by atoms with E-state index in [2.05, 4.69) is 0 Å². The van der Waals surface area contributed by atoms with E-state index in [1.807, 2.05) is 0 Å². The molecule has 1 unspecified atom stereocenters.